The van der Waals surface area contributed by atoms with Gasteiger partial charge in [0, 0.05) is 55.6 Å². The predicted octanol–water partition coefficient (Wildman–Crippen LogP) is 3.52. The maximum absolute atomic E-state index is 12.6. The Kier molecular flexibility index (Phi) is 10.1. The van der Waals surface area contributed by atoms with E-state index in [4.69, 9.17) is 9.47 Å². The van der Waals surface area contributed by atoms with Gasteiger partial charge in [0.2, 0.25) is 5.91 Å². The van der Waals surface area contributed by atoms with Crippen molar-refractivity contribution in [3.05, 3.63) is 58.9 Å². The van der Waals surface area contributed by atoms with Crippen molar-refractivity contribution in [1.29, 1.82) is 0 Å². The summed E-state index contributed by atoms with van der Waals surface area (Å²) in [5, 5.41) is 5.92. The fraction of sp³-hybridized carbons (Fsp3) is 0.481. The smallest absolute Gasteiger partial charge is 0.409 e. The van der Waals surface area contributed by atoms with Crippen molar-refractivity contribution in [1.82, 2.24) is 20.5 Å². The molecule has 1 aliphatic heterocycles. The summed E-state index contributed by atoms with van der Waals surface area (Å²) in [7, 11) is 0. The summed E-state index contributed by atoms with van der Waals surface area (Å²) >= 11 is 0. The van der Waals surface area contributed by atoms with Gasteiger partial charge in [-0.25, -0.2) is 4.79 Å². The molecule has 36 heavy (non-hydrogen) atoms. The summed E-state index contributed by atoms with van der Waals surface area (Å²) in [6.45, 7) is 7.95. The molecule has 0 radical (unpaired) electrons. The molecule has 0 spiro atoms. The molecule has 9 heteroatoms. The largest absolute Gasteiger partial charge is 0.488 e. The van der Waals surface area contributed by atoms with Gasteiger partial charge in [0.05, 0.1) is 6.61 Å². The van der Waals surface area contributed by atoms with Crippen molar-refractivity contribution in [2.75, 3.05) is 26.2 Å². The third kappa shape index (κ3) is 7.96. The summed E-state index contributed by atoms with van der Waals surface area (Å²) < 4.78 is 11.0. The van der Waals surface area contributed by atoms with E-state index in [1.807, 2.05) is 38.1 Å². The molecule has 0 bridgehead atoms. The topological polar surface area (TPSA) is 110 Å². The second-order valence-electron chi connectivity index (χ2n) is 8.98. The van der Waals surface area contributed by atoms with Crippen LogP contribution < -0.4 is 15.4 Å². The monoisotopic (exact) mass is 496 g/mol. The van der Waals surface area contributed by atoms with Crippen LogP contribution in [0.4, 0.5) is 4.79 Å². The summed E-state index contributed by atoms with van der Waals surface area (Å²) in [5.41, 5.74) is 3.32. The van der Waals surface area contributed by atoms with E-state index in [1.165, 1.54) is 0 Å². The Labute approximate surface area is 212 Å². The zero-order valence-corrected chi connectivity index (χ0v) is 21.3. The van der Waals surface area contributed by atoms with Crippen LogP contribution in [0.3, 0.4) is 0 Å². The minimum Gasteiger partial charge on any atom is -0.488 e. The Morgan fingerprint density at radius 2 is 1.86 bits per heavy atom. The van der Waals surface area contributed by atoms with E-state index in [-0.39, 0.29) is 23.9 Å². The summed E-state index contributed by atoms with van der Waals surface area (Å²) in [4.78, 5) is 42.5. The standard InChI is InChI=1S/C27H36N4O5/c1-4-35-27(34)31-13-9-23(10-14-31)30-24(32)8-6-12-29-26(33)22-15-19(2)25(20(3)16-22)36-18-21-7-5-11-28-17-21/h5,7,11,15-17,23H,4,6,8-10,12-14,18H2,1-3H3,(H,29,33)(H,30,32). The van der Waals surface area contributed by atoms with Crippen LogP contribution in [-0.2, 0) is 16.1 Å². The van der Waals surface area contributed by atoms with Gasteiger partial charge >= 0.3 is 6.09 Å². The number of ether oxygens (including phenoxy) is 2. The number of hydrogen-bond acceptors (Lipinski definition) is 6. The number of nitrogens with zero attached hydrogens (tertiary/aromatic N) is 2. The minimum atomic E-state index is -0.296. The molecule has 0 unspecified atom stereocenters. The molecule has 3 rings (SSSR count). The molecule has 1 aromatic carbocycles. The molecular formula is C27H36N4O5. The number of piperidine rings is 1. The van der Waals surface area contributed by atoms with Gasteiger partial charge in [0.15, 0.2) is 0 Å². The fourth-order valence-corrected chi connectivity index (χ4v) is 4.22. The molecule has 3 amide bonds. The van der Waals surface area contributed by atoms with Crippen molar-refractivity contribution in [2.24, 2.45) is 0 Å². The first-order valence-electron chi connectivity index (χ1n) is 12.5. The maximum atomic E-state index is 12.6. The Bertz CT molecular complexity index is 1010. The molecule has 1 saturated heterocycles. The quantitative estimate of drug-likeness (QED) is 0.487. The summed E-state index contributed by atoms with van der Waals surface area (Å²) in [5.74, 6) is 0.549. The van der Waals surface area contributed by atoms with E-state index in [2.05, 4.69) is 15.6 Å². The number of hydrogen-bond donors (Lipinski definition) is 2. The molecule has 1 aliphatic rings. The first kappa shape index (κ1) is 27.0. The van der Waals surface area contributed by atoms with E-state index >= 15 is 0 Å². The van der Waals surface area contributed by atoms with E-state index < -0.39 is 0 Å². The van der Waals surface area contributed by atoms with E-state index in [0.717, 1.165) is 22.4 Å². The summed E-state index contributed by atoms with van der Waals surface area (Å²) in [6.07, 6.45) is 5.49. The van der Waals surface area contributed by atoms with Crippen molar-refractivity contribution in [2.45, 2.75) is 59.1 Å². The first-order valence-corrected chi connectivity index (χ1v) is 12.5. The number of aromatic nitrogens is 1. The van der Waals surface area contributed by atoms with Crippen molar-refractivity contribution in [3.63, 3.8) is 0 Å². The SMILES string of the molecule is CCOC(=O)N1CCC(NC(=O)CCCNC(=O)c2cc(C)c(OCc3cccnc3)c(C)c2)CC1. The number of pyridine rings is 1. The number of likely N-dealkylation sites (tertiary alicyclic amines) is 1. The highest BCUT2D eigenvalue weighted by Gasteiger charge is 2.24. The minimum absolute atomic E-state index is 0.0411. The highest BCUT2D eigenvalue weighted by atomic mass is 16.6. The molecule has 2 aromatic rings. The van der Waals surface area contributed by atoms with E-state index in [1.54, 1.807) is 24.2 Å². The zero-order valence-electron chi connectivity index (χ0n) is 21.3. The number of carbonyl (C=O) groups is 3. The summed E-state index contributed by atoms with van der Waals surface area (Å²) in [6, 6.07) is 7.51. The Hall–Kier alpha value is -3.62. The third-order valence-corrected chi connectivity index (χ3v) is 6.08. The number of aryl methyl sites for hydroxylation is 2. The second kappa shape index (κ2) is 13.5. The average Bonchev–Trinajstić information content (AvgIpc) is 2.87. The zero-order chi connectivity index (χ0) is 25.9. The molecule has 0 aliphatic carbocycles. The third-order valence-electron chi connectivity index (χ3n) is 6.08. The van der Waals surface area contributed by atoms with E-state index in [0.29, 0.717) is 64.1 Å². The predicted molar refractivity (Wildman–Crippen MR) is 136 cm³/mol. The number of carbonyl (C=O) groups excluding carboxylic acids is 3. The number of benzene rings is 1. The van der Waals surface area contributed by atoms with Gasteiger partial charge in [-0.2, -0.15) is 0 Å². The van der Waals surface area contributed by atoms with Gasteiger partial charge in [0.25, 0.3) is 5.91 Å². The Morgan fingerprint density at radius 1 is 1.14 bits per heavy atom. The molecule has 0 atom stereocenters. The lowest BCUT2D eigenvalue weighted by Crippen LogP contribution is -2.46. The lowest BCUT2D eigenvalue weighted by Gasteiger charge is -2.31. The highest BCUT2D eigenvalue weighted by Crippen LogP contribution is 2.26. The lowest BCUT2D eigenvalue weighted by atomic mass is 10.0. The maximum Gasteiger partial charge on any atom is 0.409 e. The number of nitrogens with one attached hydrogen (secondary N) is 2. The molecule has 9 nitrogen and oxygen atoms in total. The van der Waals surface area contributed by atoms with Gasteiger partial charge in [-0.1, -0.05) is 6.07 Å². The van der Waals surface area contributed by atoms with Crippen molar-refractivity contribution >= 4 is 17.9 Å². The molecular weight excluding hydrogens is 460 g/mol. The van der Waals surface area contributed by atoms with Crippen LogP contribution in [0, 0.1) is 13.8 Å². The van der Waals surface area contributed by atoms with Gasteiger partial charge in [0.1, 0.15) is 12.4 Å². The molecule has 2 N–H and O–H groups in total. The van der Waals surface area contributed by atoms with Crippen LogP contribution in [0.25, 0.3) is 0 Å². The molecule has 0 saturated carbocycles. The van der Waals surface area contributed by atoms with Gasteiger partial charge in [-0.3, -0.25) is 14.6 Å². The highest BCUT2D eigenvalue weighted by molar-refractivity contribution is 5.95. The Balaban J connectivity index is 1.37. The number of amides is 3. The van der Waals surface area contributed by atoms with Crippen molar-refractivity contribution in [3.8, 4) is 5.75 Å². The van der Waals surface area contributed by atoms with Crippen LogP contribution >= 0.6 is 0 Å². The van der Waals surface area contributed by atoms with Crippen LogP contribution in [-0.4, -0.2) is 60.1 Å². The van der Waals surface area contributed by atoms with E-state index in [9.17, 15) is 14.4 Å². The Morgan fingerprint density at radius 3 is 2.50 bits per heavy atom. The molecule has 1 aromatic heterocycles. The van der Waals surface area contributed by atoms with Crippen LogP contribution in [0.5, 0.6) is 5.75 Å². The lowest BCUT2D eigenvalue weighted by molar-refractivity contribution is -0.122. The molecule has 2 heterocycles. The van der Waals surface area contributed by atoms with Gasteiger partial charge in [-0.15, -0.1) is 0 Å². The first-order chi connectivity index (χ1) is 17.4. The second-order valence-corrected chi connectivity index (χ2v) is 8.98. The van der Waals surface area contributed by atoms with Crippen LogP contribution in [0.15, 0.2) is 36.7 Å². The van der Waals surface area contributed by atoms with Crippen LogP contribution in [0.1, 0.15) is 59.7 Å². The fourth-order valence-electron chi connectivity index (χ4n) is 4.22. The molecule has 1 fully saturated rings. The normalized spacial score (nSPS) is 13.7. The number of rotatable bonds is 10. The van der Waals surface area contributed by atoms with Crippen molar-refractivity contribution < 1.29 is 23.9 Å². The average molecular weight is 497 g/mol. The molecule has 194 valence electrons. The van der Waals surface area contributed by atoms with Gasteiger partial charge in [-0.05, 0) is 69.4 Å². The van der Waals surface area contributed by atoms with Gasteiger partial charge < -0.3 is 25.0 Å². The van der Waals surface area contributed by atoms with Crippen LogP contribution in [0.2, 0.25) is 0 Å².